The van der Waals surface area contributed by atoms with Gasteiger partial charge in [-0.25, -0.2) is 4.79 Å². The van der Waals surface area contributed by atoms with E-state index in [1.165, 1.54) is 32.6 Å². The molecule has 1 aromatic carbocycles. The lowest BCUT2D eigenvalue weighted by Gasteiger charge is -2.34. The standard InChI is InChI=1S/C27H31N3O9/c1-6-38-26(37)30-9-7-29(8-10-30)18(33)12-28-14(3)19-16(32)11-17-27(5,25(19)36)21-23(35)13(2)22(34)20(15(4)31)24(21)39-17/h11,28,34-35H,6-10,12H2,1-5H3/b19-14+/t27-/m0/s1. The average molecular weight is 542 g/mol. The number of rotatable bonds is 5. The Morgan fingerprint density at radius 1 is 1.08 bits per heavy atom. The van der Waals surface area contributed by atoms with Crippen LogP contribution in [0.15, 0.2) is 23.1 Å². The number of carbonyl (C=O) groups excluding carboxylic acids is 5. The van der Waals surface area contributed by atoms with Crippen LogP contribution in [0.25, 0.3) is 0 Å². The molecule has 0 unspecified atom stereocenters. The van der Waals surface area contributed by atoms with Crippen molar-refractivity contribution in [3.05, 3.63) is 39.8 Å². The third-order valence-corrected chi connectivity index (χ3v) is 7.42. The molecular formula is C27H31N3O9. The van der Waals surface area contributed by atoms with Crippen LogP contribution in [0.4, 0.5) is 4.79 Å². The van der Waals surface area contributed by atoms with Crippen molar-refractivity contribution in [3.8, 4) is 17.2 Å². The average Bonchev–Trinajstić information content (AvgIpc) is 3.18. The quantitative estimate of drug-likeness (QED) is 0.283. The van der Waals surface area contributed by atoms with E-state index in [9.17, 15) is 34.2 Å². The predicted molar refractivity (Wildman–Crippen MR) is 136 cm³/mol. The van der Waals surface area contributed by atoms with Gasteiger partial charge in [-0.05, 0) is 34.6 Å². The van der Waals surface area contributed by atoms with E-state index in [0.29, 0.717) is 26.2 Å². The Morgan fingerprint density at radius 2 is 1.69 bits per heavy atom. The molecule has 1 aromatic rings. The van der Waals surface area contributed by atoms with Gasteiger partial charge in [-0.3, -0.25) is 19.2 Å². The smallest absolute Gasteiger partial charge is 0.409 e. The van der Waals surface area contributed by atoms with Gasteiger partial charge in [-0.1, -0.05) is 0 Å². The van der Waals surface area contributed by atoms with Gasteiger partial charge in [0.1, 0.15) is 34.0 Å². The summed E-state index contributed by atoms with van der Waals surface area (Å²) >= 11 is 0. The number of benzene rings is 1. The summed E-state index contributed by atoms with van der Waals surface area (Å²) in [6.07, 6.45) is 0.691. The molecular weight excluding hydrogens is 510 g/mol. The minimum absolute atomic E-state index is 0.00347. The van der Waals surface area contributed by atoms with Crippen molar-refractivity contribution < 1.29 is 43.7 Å². The fourth-order valence-electron chi connectivity index (χ4n) is 5.12. The first-order valence-electron chi connectivity index (χ1n) is 12.6. The molecule has 39 heavy (non-hydrogen) atoms. The molecule has 1 aliphatic carbocycles. The van der Waals surface area contributed by atoms with E-state index in [0.717, 1.165) is 6.08 Å². The number of phenolic OH excluding ortho intramolecular Hbond substituents is 2. The zero-order chi connectivity index (χ0) is 28.8. The molecule has 0 saturated carbocycles. The maximum Gasteiger partial charge on any atom is 0.409 e. The predicted octanol–water partition coefficient (Wildman–Crippen LogP) is 1.46. The SMILES string of the molecule is CCOC(=O)N1CCN(C(=O)CN/C(C)=C2\C(=O)C=C3Oc4c(C(C)=O)c(O)c(C)c(O)c4[C@@]3(C)C2=O)CC1. The number of ether oxygens (including phenoxy) is 2. The molecule has 0 radical (unpaired) electrons. The lowest BCUT2D eigenvalue weighted by molar-refractivity contribution is -0.132. The largest absolute Gasteiger partial charge is 0.507 e. The van der Waals surface area contributed by atoms with Crippen LogP contribution in [0.3, 0.4) is 0 Å². The van der Waals surface area contributed by atoms with Gasteiger partial charge in [-0.2, -0.15) is 0 Å². The maximum absolute atomic E-state index is 13.8. The van der Waals surface area contributed by atoms with Gasteiger partial charge in [0.2, 0.25) is 5.91 Å². The third-order valence-electron chi connectivity index (χ3n) is 7.42. The number of nitrogens with zero attached hydrogens (tertiary/aromatic N) is 2. The van der Waals surface area contributed by atoms with E-state index in [1.54, 1.807) is 11.8 Å². The fraction of sp³-hybridized carbons (Fsp3) is 0.444. The zero-order valence-electron chi connectivity index (χ0n) is 22.5. The number of phenols is 2. The maximum atomic E-state index is 13.8. The first-order chi connectivity index (χ1) is 18.3. The van der Waals surface area contributed by atoms with E-state index < -0.39 is 40.4 Å². The molecule has 4 rings (SSSR count). The van der Waals surface area contributed by atoms with Gasteiger partial charge in [0, 0.05) is 43.5 Å². The molecule has 0 bridgehead atoms. The van der Waals surface area contributed by atoms with E-state index >= 15 is 0 Å². The molecule has 0 aromatic heterocycles. The van der Waals surface area contributed by atoms with Crippen molar-refractivity contribution in [1.29, 1.82) is 0 Å². The van der Waals surface area contributed by atoms with Crippen molar-refractivity contribution in [1.82, 2.24) is 15.1 Å². The van der Waals surface area contributed by atoms with E-state index in [1.807, 2.05) is 0 Å². The first-order valence-corrected chi connectivity index (χ1v) is 12.6. The molecule has 2 amide bonds. The van der Waals surface area contributed by atoms with Crippen LogP contribution in [-0.4, -0.2) is 88.7 Å². The number of piperazine rings is 1. The molecule has 1 saturated heterocycles. The van der Waals surface area contributed by atoms with Crippen molar-refractivity contribution in [2.45, 2.75) is 40.0 Å². The summed E-state index contributed by atoms with van der Waals surface area (Å²) in [6.45, 7) is 8.67. The lowest BCUT2D eigenvalue weighted by atomic mass is 9.70. The summed E-state index contributed by atoms with van der Waals surface area (Å²) in [5.41, 5.74) is -1.88. The highest BCUT2D eigenvalue weighted by Gasteiger charge is 2.56. The van der Waals surface area contributed by atoms with Crippen molar-refractivity contribution in [2.75, 3.05) is 39.3 Å². The molecule has 12 nitrogen and oxygen atoms in total. The van der Waals surface area contributed by atoms with Crippen LogP contribution in [0, 0.1) is 6.92 Å². The van der Waals surface area contributed by atoms with Crippen molar-refractivity contribution in [3.63, 3.8) is 0 Å². The fourth-order valence-corrected chi connectivity index (χ4v) is 5.12. The van der Waals surface area contributed by atoms with Crippen LogP contribution in [0.1, 0.15) is 49.2 Å². The number of amides is 2. The highest BCUT2D eigenvalue weighted by molar-refractivity contribution is 6.31. The molecule has 208 valence electrons. The van der Waals surface area contributed by atoms with Crippen LogP contribution in [0.2, 0.25) is 0 Å². The number of nitrogens with one attached hydrogen (secondary N) is 1. The van der Waals surface area contributed by atoms with Gasteiger partial charge >= 0.3 is 6.09 Å². The zero-order valence-corrected chi connectivity index (χ0v) is 22.5. The van der Waals surface area contributed by atoms with Crippen LogP contribution >= 0.6 is 0 Å². The minimum Gasteiger partial charge on any atom is -0.507 e. The number of Topliss-reactive ketones (excluding diaryl/α,β-unsaturated/α-hetero) is 2. The minimum atomic E-state index is -1.64. The molecule has 12 heteroatoms. The summed E-state index contributed by atoms with van der Waals surface area (Å²) in [7, 11) is 0. The molecule has 2 heterocycles. The Balaban J connectivity index is 1.57. The molecule has 0 spiro atoms. The Bertz CT molecular complexity index is 1370. The number of allylic oxidation sites excluding steroid dienone is 4. The van der Waals surface area contributed by atoms with E-state index in [2.05, 4.69) is 5.32 Å². The van der Waals surface area contributed by atoms with Crippen LogP contribution in [0.5, 0.6) is 17.2 Å². The van der Waals surface area contributed by atoms with Gasteiger partial charge in [0.25, 0.3) is 0 Å². The third kappa shape index (κ3) is 4.39. The summed E-state index contributed by atoms with van der Waals surface area (Å²) < 4.78 is 10.7. The Morgan fingerprint density at radius 3 is 2.28 bits per heavy atom. The highest BCUT2D eigenvalue weighted by Crippen LogP contribution is 2.57. The number of aromatic hydroxyl groups is 2. The second kappa shape index (κ2) is 10.1. The molecule has 3 aliphatic rings. The summed E-state index contributed by atoms with van der Waals surface area (Å²) in [5.74, 6) is -3.27. The van der Waals surface area contributed by atoms with E-state index in [4.69, 9.17) is 9.47 Å². The summed E-state index contributed by atoms with van der Waals surface area (Å²) in [4.78, 5) is 66.9. The van der Waals surface area contributed by atoms with Gasteiger partial charge < -0.3 is 34.8 Å². The van der Waals surface area contributed by atoms with Gasteiger partial charge in [0.15, 0.2) is 17.3 Å². The Labute approximate surface area is 224 Å². The second-order valence-corrected chi connectivity index (χ2v) is 9.81. The number of carbonyl (C=O) groups is 5. The second-order valence-electron chi connectivity index (χ2n) is 9.81. The summed E-state index contributed by atoms with van der Waals surface area (Å²) in [5, 5.41) is 24.2. The van der Waals surface area contributed by atoms with Gasteiger partial charge in [0.05, 0.1) is 24.3 Å². The van der Waals surface area contributed by atoms with Gasteiger partial charge in [-0.15, -0.1) is 0 Å². The van der Waals surface area contributed by atoms with Crippen molar-refractivity contribution >= 4 is 29.4 Å². The molecule has 1 atom stereocenters. The first kappa shape index (κ1) is 27.7. The van der Waals surface area contributed by atoms with E-state index in [-0.39, 0.29) is 58.5 Å². The number of hydrogen-bond acceptors (Lipinski definition) is 10. The molecule has 2 aliphatic heterocycles. The number of hydrogen-bond donors (Lipinski definition) is 3. The van der Waals surface area contributed by atoms with Crippen LogP contribution in [-0.2, 0) is 24.5 Å². The number of fused-ring (bicyclic) bond motifs is 3. The lowest BCUT2D eigenvalue weighted by Crippen LogP contribution is -2.52. The highest BCUT2D eigenvalue weighted by atomic mass is 16.6. The number of ketones is 3. The normalized spacial score (nSPS) is 21.5. The monoisotopic (exact) mass is 541 g/mol. The summed E-state index contributed by atoms with van der Waals surface area (Å²) in [6, 6.07) is 0. The van der Waals surface area contributed by atoms with Crippen molar-refractivity contribution in [2.24, 2.45) is 0 Å². The molecule has 3 N–H and O–H groups in total. The Kier molecular flexibility index (Phi) is 7.15. The Hall–Kier alpha value is -4.35. The molecule has 1 fully saturated rings. The van der Waals surface area contributed by atoms with Crippen LogP contribution < -0.4 is 10.1 Å². The topological polar surface area (TPSA) is 163 Å².